The van der Waals surface area contributed by atoms with Crippen LogP contribution in [0, 0.1) is 0 Å². The number of piperidine rings is 1. The van der Waals surface area contributed by atoms with Gasteiger partial charge in [-0.1, -0.05) is 18.2 Å². The van der Waals surface area contributed by atoms with E-state index in [-0.39, 0.29) is 17.9 Å². The van der Waals surface area contributed by atoms with Gasteiger partial charge in [-0.2, -0.15) is 11.8 Å². The number of thiazole rings is 1. The van der Waals surface area contributed by atoms with Crippen molar-refractivity contribution in [1.29, 1.82) is 0 Å². The molecule has 1 saturated heterocycles. The second-order valence-corrected chi connectivity index (χ2v) is 9.00. The van der Waals surface area contributed by atoms with Crippen LogP contribution in [0.15, 0.2) is 41.2 Å². The van der Waals surface area contributed by atoms with E-state index in [1.165, 1.54) is 18.4 Å². The lowest BCUT2D eigenvalue weighted by atomic mass is 9.98. The van der Waals surface area contributed by atoms with Crippen LogP contribution in [-0.2, 0) is 9.53 Å². The maximum absolute atomic E-state index is 13.5. The molecule has 0 radical (unpaired) electrons. The largest absolute Gasteiger partial charge is 0.467 e. The monoisotopic (exact) mass is 461 g/mol. The van der Waals surface area contributed by atoms with Gasteiger partial charge < -0.3 is 14.5 Å². The molecule has 2 amide bonds. The first-order valence-corrected chi connectivity index (χ1v) is 12.5. The molecule has 0 N–H and O–H groups in total. The van der Waals surface area contributed by atoms with Crippen molar-refractivity contribution in [2.24, 2.45) is 0 Å². The Morgan fingerprint density at radius 1 is 1.26 bits per heavy atom. The van der Waals surface area contributed by atoms with E-state index in [4.69, 9.17) is 4.74 Å². The van der Waals surface area contributed by atoms with Crippen molar-refractivity contribution in [3.8, 4) is 0 Å². The highest BCUT2D eigenvalue weighted by Crippen LogP contribution is 2.25. The van der Waals surface area contributed by atoms with Crippen LogP contribution < -0.4 is 0 Å². The summed E-state index contributed by atoms with van der Waals surface area (Å²) in [5.74, 6) is 0.0627. The number of aromatic nitrogens is 1. The fourth-order valence-electron chi connectivity index (χ4n) is 3.85. The molecule has 1 aliphatic rings. The molecule has 0 aliphatic carbocycles. The number of benzene rings is 1. The number of methoxy groups -OCH3 is 1. The Hall–Kier alpha value is -2.39. The van der Waals surface area contributed by atoms with Crippen LogP contribution in [0.4, 0.5) is 0 Å². The molecule has 7 nitrogen and oxygen atoms in total. The van der Waals surface area contributed by atoms with Gasteiger partial charge in [0.15, 0.2) is 0 Å². The molecule has 31 heavy (non-hydrogen) atoms. The first-order valence-electron chi connectivity index (χ1n) is 10.2. The highest BCUT2D eigenvalue weighted by atomic mass is 32.2. The molecule has 0 unspecified atom stereocenters. The molecule has 1 atom stereocenters. The third kappa shape index (κ3) is 5.65. The Labute approximate surface area is 190 Å². The van der Waals surface area contributed by atoms with E-state index >= 15 is 0 Å². The molecule has 0 spiro atoms. The number of thioether (sulfide) groups is 1. The molecule has 1 aromatic carbocycles. The molecule has 3 rings (SSSR count). The molecule has 2 heterocycles. The lowest BCUT2D eigenvalue weighted by molar-refractivity contribution is -0.147. The van der Waals surface area contributed by atoms with Gasteiger partial charge in [0.05, 0.1) is 12.6 Å². The number of carbonyl (C=O) groups is 3. The van der Waals surface area contributed by atoms with Gasteiger partial charge in [0.2, 0.25) is 0 Å². The van der Waals surface area contributed by atoms with Crippen LogP contribution in [0.25, 0.3) is 0 Å². The third-order valence-electron chi connectivity index (χ3n) is 5.46. The van der Waals surface area contributed by atoms with Crippen LogP contribution in [0.2, 0.25) is 0 Å². The number of hydrogen-bond donors (Lipinski definition) is 0. The van der Waals surface area contributed by atoms with Gasteiger partial charge in [-0.15, -0.1) is 11.3 Å². The summed E-state index contributed by atoms with van der Waals surface area (Å²) in [4.78, 5) is 46.4. The SMILES string of the molecule is COC(=O)[C@H](CCSC)N(C(=O)c1ccccc1)C1CCN(C(=O)c2cscn2)CC1. The Bertz CT molecular complexity index is 868. The van der Waals surface area contributed by atoms with E-state index < -0.39 is 12.0 Å². The van der Waals surface area contributed by atoms with Crippen molar-refractivity contribution in [3.63, 3.8) is 0 Å². The van der Waals surface area contributed by atoms with Crippen LogP contribution in [-0.4, -0.2) is 76.9 Å². The Morgan fingerprint density at radius 2 is 1.97 bits per heavy atom. The quantitative estimate of drug-likeness (QED) is 0.562. The molecular weight excluding hydrogens is 434 g/mol. The zero-order chi connectivity index (χ0) is 22.2. The maximum Gasteiger partial charge on any atom is 0.328 e. The molecule has 2 aromatic rings. The summed E-state index contributed by atoms with van der Waals surface area (Å²) in [6.07, 6.45) is 3.69. The van der Waals surface area contributed by atoms with Crippen molar-refractivity contribution in [2.45, 2.75) is 31.3 Å². The number of ether oxygens (including phenoxy) is 1. The molecule has 1 aliphatic heterocycles. The smallest absolute Gasteiger partial charge is 0.328 e. The van der Waals surface area contributed by atoms with Gasteiger partial charge in [-0.3, -0.25) is 9.59 Å². The second-order valence-electron chi connectivity index (χ2n) is 7.30. The van der Waals surface area contributed by atoms with Gasteiger partial charge in [0.1, 0.15) is 11.7 Å². The normalized spacial score (nSPS) is 15.4. The minimum absolute atomic E-state index is 0.0902. The van der Waals surface area contributed by atoms with Gasteiger partial charge in [-0.05, 0) is 43.4 Å². The van der Waals surface area contributed by atoms with Gasteiger partial charge in [0.25, 0.3) is 11.8 Å². The van der Waals surface area contributed by atoms with Crippen molar-refractivity contribution in [3.05, 3.63) is 52.5 Å². The van der Waals surface area contributed by atoms with E-state index in [2.05, 4.69) is 4.98 Å². The standard InChI is InChI=1S/C22H27N3O4S2/c1-29-22(28)19(10-13-30-2)25(20(26)16-6-4-3-5-7-16)17-8-11-24(12-9-17)21(27)18-14-31-15-23-18/h3-7,14-15,17,19H,8-13H2,1-2H3/t19-/m0/s1. The average molecular weight is 462 g/mol. The Balaban J connectivity index is 1.81. The van der Waals surface area contributed by atoms with Crippen LogP contribution in [0.5, 0.6) is 0 Å². The minimum Gasteiger partial charge on any atom is -0.467 e. The first kappa shape index (κ1) is 23.3. The summed E-state index contributed by atoms with van der Waals surface area (Å²) in [6, 6.07) is 8.20. The summed E-state index contributed by atoms with van der Waals surface area (Å²) in [6.45, 7) is 1.02. The number of amides is 2. The van der Waals surface area contributed by atoms with E-state index in [1.807, 2.05) is 24.5 Å². The highest BCUT2D eigenvalue weighted by Gasteiger charge is 2.38. The average Bonchev–Trinajstić information content (AvgIpc) is 3.36. The molecule has 1 fully saturated rings. The van der Waals surface area contributed by atoms with Crippen molar-refractivity contribution in [2.75, 3.05) is 32.2 Å². The molecule has 0 saturated carbocycles. The third-order valence-corrected chi connectivity index (χ3v) is 6.69. The fraction of sp³-hybridized carbons (Fsp3) is 0.455. The predicted octanol–water partition coefficient (Wildman–Crippen LogP) is 3.18. The second kappa shape index (κ2) is 11.3. The highest BCUT2D eigenvalue weighted by molar-refractivity contribution is 7.98. The minimum atomic E-state index is -0.657. The lowest BCUT2D eigenvalue weighted by Crippen LogP contribution is -2.55. The summed E-state index contributed by atoms with van der Waals surface area (Å²) in [5, 5.41) is 1.75. The van der Waals surface area contributed by atoms with Gasteiger partial charge in [0, 0.05) is 30.1 Å². The molecule has 166 valence electrons. The summed E-state index contributed by atoms with van der Waals surface area (Å²) in [5.41, 5.74) is 2.64. The Kier molecular flexibility index (Phi) is 8.48. The van der Waals surface area contributed by atoms with E-state index in [0.29, 0.717) is 43.6 Å². The van der Waals surface area contributed by atoms with Crippen molar-refractivity contribution < 1.29 is 19.1 Å². The lowest BCUT2D eigenvalue weighted by Gasteiger charge is -2.41. The van der Waals surface area contributed by atoms with E-state index in [9.17, 15) is 14.4 Å². The van der Waals surface area contributed by atoms with Gasteiger partial charge >= 0.3 is 5.97 Å². The number of carbonyl (C=O) groups excluding carboxylic acids is 3. The number of rotatable bonds is 8. The zero-order valence-electron chi connectivity index (χ0n) is 17.7. The first-order chi connectivity index (χ1) is 15.1. The molecule has 0 bridgehead atoms. The van der Waals surface area contributed by atoms with Crippen LogP contribution in [0.1, 0.15) is 40.1 Å². The number of hydrogen-bond acceptors (Lipinski definition) is 7. The predicted molar refractivity (Wildman–Crippen MR) is 122 cm³/mol. The summed E-state index contributed by atoms with van der Waals surface area (Å²) in [7, 11) is 1.36. The number of nitrogens with zero attached hydrogens (tertiary/aromatic N) is 3. The topological polar surface area (TPSA) is 79.8 Å². The van der Waals surface area contributed by atoms with E-state index in [0.717, 1.165) is 5.75 Å². The molecule has 1 aromatic heterocycles. The number of esters is 1. The zero-order valence-corrected chi connectivity index (χ0v) is 19.4. The summed E-state index contributed by atoms with van der Waals surface area (Å²) >= 11 is 3.02. The number of likely N-dealkylation sites (tertiary alicyclic amines) is 1. The van der Waals surface area contributed by atoms with Crippen molar-refractivity contribution in [1.82, 2.24) is 14.8 Å². The van der Waals surface area contributed by atoms with Crippen LogP contribution in [0.3, 0.4) is 0 Å². The Morgan fingerprint density at radius 3 is 2.55 bits per heavy atom. The summed E-state index contributed by atoms with van der Waals surface area (Å²) < 4.78 is 5.06. The fourth-order valence-corrected chi connectivity index (χ4v) is 4.84. The molecule has 9 heteroatoms. The van der Waals surface area contributed by atoms with E-state index in [1.54, 1.807) is 44.6 Å². The maximum atomic E-state index is 13.5. The van der Waals surface area contributed by atoms with Gasteiger partial charge in [-0.25, -0.2) is 9.78 Å². The van der Waals surface area contributed by atoms with Crippen LogP contribution >= 0.6 is 23.1 Å². The van der Waals surface area contributed by atoms with Crippen molar-refractivity contribution >= 4 is 40.9 Å². The molecular formula is C22H27N3O4S2.